The van der Waals surface area contributed by atoms with E-state index in [0.29, 0.717) is 5.02 Å². The van der Waals surface area contributed by atoms with Gasteiger partial charge in [-0.15, -0.1) is 0 Å². The van der Waals surface area contributed by atoms with Crippen LogP contribution in [0.15, 0.2) is 36.7 Å². The monoisotopic (exact) mass is 300 g/mol. The van der Waals surface area contributed by atoms with Crippen molar-refractivity contribution in [2.75, 3.05) is 5.32 Å². The molecule has 0 bridgehead atoms. The Morgan fingerprint density at radius 1 is 1.29 bits per heavy atom. The third-order valence-corrected chi connectivity index (χ3v) is 3.80. The second-order valence-corrected chi connectivity index (χ2v) is 5.74. The van der Waals surface area contributed by atoms with E-state index < -0.39 is 0 Å². The van der Waals surface area contributed by atoms with Crippen LogP contribution in [0.4, 0.5) is 5.82 Å². The molecule has 0 radical (unpaired) electrons. The number of fused-ring (bicyclic) bond motifs is 1. The van der Waals surface area contributed by atoms with Gasteiger partial charge in [-0.3, -0.25) is 4.68 Å². The van der Waals surface area contributed by atoms with Crippen molar-refractivity contribution in [3.05, 3.63) is 52.8 Å². The number of pyridine rings is 1. The average Bonchev–Trinajstić information content (AvgIpc) is 2.85. The molecule has 0 fully saturated rings. The van der Waals surface area contributed by atoms with Gasteiger partial charge in [-0.25, -0.2) is 4.98 Å². The summed E-state index contributed by atoms with van der Waals surface area (Å²) in [6, 6.07) is 7.99. The number of benzene rings is 1. The quantitative estimate of drug-likeness (QED) is 0.792. The lowest BCUT2D eigenvalue weighted by molar-refractivity contribution is 0.765. The predicted octanol–water partition coefficient (Wildman–Crippen LogP) is 4.10. The van der Waals surface area contributed by atoms with Crippen molar-refractivity contribution >= 4 is 28.3 Å². The van der Waals surface area contributed by atoms with E-state index in [0.717, 1.165) is 22.3 Å². The Labute approximate surface area is 128 Å². The molecule has 0 amide bonds. The zero-order valence-electron chi connectivity index (χ0n) is 12.3. The topological polar surface area (TPSA) is 42.7 Å². The number of aryl methyl sites for hydroxylation is 2. The number of nitrogens with zero attached hydrogens (tertiary/aromatic N) is 3. The van der Waals surface area contributed by atoms with E-state index >= 15 is 0 Å². The first kappa shape index (κ1) is 13.9. The highest BCUT2D eigenvalue weighted by molar-refractivity contribution is 6.31. The molecule has 0 spiro atoms. The number of rotatable bonds is 3. The maximum absolute atomic E-state index is 6.06. The fourth-order valence-electron chi connectivity index (χ4n) is 2.42. The van der Waals surface area contributed by atoms with E-state index in [4.69, 9.17) is 11.6 Å². The van der Waals surface area contributed by atoms with Gasteiger partial charge in [0.2, 0.25) is 0 Å². The normalized spacial score (nSPS) is 12.6. The molecule has 0 aliphatic carbocycles. The number of anilines is 1. The summed E-state index contributed by atoms with van der Waals surface area (Å²) in [5.74, 6) is 0.846. The maximum Gasteiger partial charge on any atom is 0.127 e. The fraction of sp³-hybridized carbons (Fsp3) is 0.250. The van der Waals surface area contributed by atoms with Crippen molar-refractivity contribution in [2.24, 2.45) is 7.05 Å². The first-order valence-corrected chi connectivity index (χ1v) is 7.23. The van der Waals surface area contributed by atoms with Gasteiger partial charge in [0.05, 0.1) is 17.8 Å². The van der Waals surface area contributed by atoms with E-state index in [1.54, 1.807) is 4.68 Å². The van der Waals surface area contributed by atoms with Crippen LogP contribution in [-0.4, -0.2) is 14.8 Å². The summed E-state index contributed by atoms with van der Waals surface area (Å²) in [5.41, 5.74) is 3.21. The fourth-order valence-corrected chi connectivity index (χ4v) is 2.58. The largest absolute Gasteiger partial charge is 0.363 e. The van der Waals surface area contributed by atoms with E-state index in [-0.39, 0.29) is 6.04 Å². The lowest BCUT2D eigenvalue weighted by Crippen LogP contribution is -2.07. The Bertz CT molecular complexity index is 794. The molecular formula is C16H17ClN4. The Morgan fingerprint density at radius 3 is 2.81 bits per heavy atom. The molecule has 0 aliphatic heterocycles. The molecule has 3 aromatic rings. The molecule has 0 saturated heterocycles. The van der Waals surface area contributed by atoms with E-state index in [1.807, 2.05) is 37.6 Å². The molecule has 108 valence electrons. The minimum absolute atomic E-state index is 0.141. The van der Waals surface area contributed by atoms with Gasteiger partial charge in [-0.2, -0.15) is 5.10 Å². The second-order valence-electron chi connectivity index (χ2n) is 5.30. The van der Waals surface area contributed by atoms with Gasteiger partial charge >= 0.3 is 0 Å². The first-order chi connectivity index (χ1) is 10.0. The second kappa shape index (κ2) is 5.37. The molecule has 1 N–H and O–H groups in total. The summed E-state index contributed by atoms with van der Waals surface area (Å²) in [6.45, 7) is 4.17. The van der Waals surface area contributed by atoms with Crippen LogP contribution in [-0.2, 0) is 7.05 Å². The molecule has 1 aromatic carbocycles. The average molecular weight is 301 g/mol. The van der Waals surface area contributed by atoms with Crippen molar-refractivity contribution in [3.8, 4) is 0 Å². The van der Waals surface area contributed by atoms with Gasteiger partial charge in [0, 0.05) is 29.2 Å². The standard InChI is InChI=1S/C16H17ClN4/c1-10-6-16(19-11(2)12-8-18-21(3)9-12)20-15-7-13(17)4-5-14(10)15/h4-9,11H,1-3H3,(H,19,20)/t11-/m0/s1. The number of halogens is 1. The minimum Gasteiger partial charge on any atom is -0.363 e. The Balaban J connectivity index is 1.93. The van der Waals surface area contributed by atoms with Crippen molar-refractivity contribution in [1.82, 2.24) is 14.8 Å². The van der Waals surface area contributed by atoms with E-state index in [1.165, 1.54) is 5.56 Å². The van der Waals surface area contributed by atoms with Gasteiger partial charge in [0.15, 0.2) is 0 Å². The van der Waals surface area contributed by atoms with Crippen molar-refractivity contribution < 1.29 is 0 Å². The summed E-state index contributed by atoms with van der Waals surface area (Å²) in [7, 11) is 1.91. The van der Waals surface area contributed by atoms with E-state index in [9.17, 15) is 0 Å². The minimum atomic E-state index is 0.141. The van der Waals surface area contributed by atoms with Crippen molar-refractivity contribution in [1.29, 1.82) is 0 Å². The molecule has 2 aromatic heterocycles. The number of hydrogen-bond donors (Lipinski definition) is 1. The van der Waals surface area contributed by atoms with E-state index in [2.05, 4.69) is 35.3 Å². The zero-order valence-corrected chi connectivity index (χ0v) is 13.0. The lowest BCUT2D eigenvalue weighted by Gasteiger charge is -2.14. The van der Waals surface area contributed by atoms with Crippen LogP contribution in [0.1, 0.15) is 24.1 Å². The van der Waals surface area contributed by atoms with Crippen molar-refractivity contribution in [3.63, 3.8) is 0 Å². The zero-order chi connectivity index (χ0) is 15.0. The predicted molar refractivity (Wildman–Crippen MR) is 86.7 cm³/mol. The van der Waals surface area contributed by atoms with Crippen molar-refractivity contribution in [2.45, 2.75) is 19.9 Å². The van der Waals surface area contributed by atoms with Gasteiger partial charge in [0.25, 0.3) is 0 Å². The molecular weight excluding hydrogens is 284 g/mol. The third-order valence-electron chi connectivity index (χ3n) is 3.57. The van der Waals surface area contributed by atoms with Gasteiger partial charge in [-0.05, 0) is 37.6 Å². The molecule has 3 rings (SSSR count). The summed E-state index contributed by atoms with van der Waals surface area (Å²) >= 11 is 6.06. The highest BCUT2D eigenvalue weighted by Gasteiger charge is 2.10. The molecule has 4 nitrogen and oxygen atoms in total. The summed E-state index contributed by atoms with van der Waals surface area (Å²) in [4.78, 5) is 4.65. The van der Waals surface area contributed by atoms with Crippen LogP contribution < -0.4 is 5.32 Å². The molecule has 2 heterocycles. The van der Waals surface area contributed by atoms with Crippen LogP contribution in [0.25, 0.3) is 10.9 Å². The van der Waals surface area contributed by atoms with Gasteiger partial charge in [-0.1, -0.05) is 17.7 Å². The third kappa shape index (κ3) is 2.85. The Hall–Kier alpha value is -2.07. The smallest absolute Gasteiger partial charge is 0.127 e. The van der Waals surface area contributed by atoms with Crippen LogP contribution in [0.3, 0.4) is 0 Å². The van der Waals surface area contributed by atoms with Gasteiger partial charge in [0.1, 0.15) is 5.82 Å². The summed E-state index contributed by atoms with van der Waals surface area (Å²) < 4.78 is 1.80. The molecule has 1 atom stereocenters. The van der Waals surface area contributed by atoms with Crippen LogP contribution in [0, 0.1) is 6.92 Å². The molecule has 0 saturated carbocycles. The SMILES string of the molecule is Cc1cc(N[C@@H](C)c2cnn(C)c2)nc2cc(Cl)ccc12. The molecule has 5 heteroatoms. The Kier molecular flexibility index (Phi) is 3.55. The lowest BCUT2D eigenvalue weighted by atomic mass is 10.1. The van der Waals surface area contributed by atoms with Crippen LogP contribution >= 0.6 is 11.6 Å². The number of nitrogens with one attached hydrogen (secondary N) is 1. The molecule has 21 heavy (non-hydrogen) atoms. The molecule has 0 unspecified atom stereocenters. The first-order valence-electron chi connectivity index (χ1n) is 6.85. The van der Waals surface area contributed by atoms with Crippen LogP contribution in [0.2, 0.25) is 5.02 Å². The molecule has 0 aliphatic rings. The van der Waals surface area contributed by atoms with Crippen LogP contribution in [0.5, 0.6) is 0 Å². The number of hydrogen-bond acceptors (Lipinski definition) is 3. The number of aromatic nitrogens is 3. The van der Waals surface area contributed by atoms with Gasteiger partial charge < -0.3 is 5.32 Å². The summed E-state index contributed by atoms with van der Waals surface area (Å²) in [6.07, 6.45) is 3.87. The summed E-state index contributed by atoms with van der Waals surface area (Å²) in [5, 5.41) is 9.44. The highest BCUT2D eigenvalue weighted by Crippen LogP contribution is 2.25. The maximum atomic E-state index is 6.06. The highest BCUT2D eigenvalue weighted by atomic mass is 35.5. The Morgan fingerprint density at radius 2 is 2.10 bits per heavy atom.